The zero-order valence-corrected chi connectivity index (χ0v) is 9.34. The van der Waals surface area contributed by atoms with Gasteiger partial charge in [-0.1, -0.05) is 32.1 Å². The molecule has 0 radical (unpaired) electrons. The van der Waals surface area contributed by atoms with Crippen LogP contribution in [0, 0.1) is 5.92 Å². The zero-order valence-electron chi connectivity index (χ0n) is 9.34. The first kappa shape index (κ1) is 10.9. The lowest BCUT2D eigenvalue weighted by Crippen LogP contribution is -2.34. The van der Waals surface area contributed by atoms with E-state index < -0.39 is 0 Å². The number of nitrogens with one attached hydrogen (secondary N) is 1. The number of rotatable bonds is 3. The SMILES string of the molecule is O=C(NOC1CCCC1)C1CCCCC1. The van der Waals surface area contributed by atoms with E-state index in [9.17, 15) is 4.79 Å². The number of hydrogen-bond acceptors (Lipinski definition) is 2. The van der Waals surface area contributed by atoms with E-state index in [0.29, 0.717) is 0 Å². The van der Waals surface area contributed by atoms with Crippen LogP contribution >= 0.6 is 0 Å². The minimum Gasteiger partial charge on any atom is -0.273 e. The maximum atomic E-state index is 11.7. The third-order valence-corrected chi connectivity index (χ3v) is 3.60. The second-order valence-electron chi connectivity index (χ2n) is 4.83. The molecule has 0 bridgehead atoms. The summed E-state index contributed by atoms with van der Waals surface area (Å²) in [5.41, 5.74) is 2.66. The van der Waals surface area contributed by atoms with Crippen LogP contribution < -0.4 is 5.48 Å². The number of carbonyl (C=O) groups excluding carboxylic acids is 1. The van der Waals surface area contributed by atoms with Gasteiger partial charge in [0.25, 0.3) is 0 Å². The van der Waals surface area contributed by atoms with Gasteiger partial charge in [0.05, 0.1) is 6.10 Å². The molecule has 2 fully saturated rings. The summed E-state index contributed by atoms with van der Waals surface area (Å²) in [4.78, 5) is 17.1. The molecule has 0 aromatic heterocycles. The average molecular weight is 211 g/mol. The Morgan fingerprint density at radius 3 is 2.20 bits per heavy atom. The van der Waals surface area contributed by atoms with Gasteiger partial charge in [0.15, 0.2) is 0 Å². The predicted molar refractivity (Wildman–Crippen MR) is 58.1 cm³/mol. The van der Waals surface area contributed by atoms with E-state index in [1.54, 1.807) is 0 Å². The van der Waals surface area contributed by atoms with E-state index in [1.165, 1.54) is 32.1 Å². The predicted octanol–water partition coefficient (Wildman–Crippen LogP) is 2.56. The lowest BCUT2D eigenvalue weighted by atomic mass is 9.89. The summed E-state index contributed by atoms with van der Waals surface area (Å²) in [5, 5.41) is 0. The van der Waals surface area contributed by atoms with Crippen LogP contribution in [0.1, 0.15) is 57.8 Å². The van der Waals surface area contributed by atoms with Crippen LogP contribution in [0.15, 0.2) is 0 Å². The number of hydroxylamine groups is 1. The molecule has 3 nitrogen and oxygen atoms in total. The van der Waals surface area contributed by atoms with Crippen LogP contribution in [0.5, 0.6) is 0 Å². The standard InChI is InChI=1S/C12H21NO2/c14-12(10-6-2-1-3-7-10)13-15-11-8-4-5-9-11/h10-11H,1-9H2,(H,13,14). The fourth-order valence-corrected chi connectivity index (χ4v) is 2.60. The molecule has 2 saturated carbocycles. The molecule has 0 aliphatic heterocycles. The van der Waals surface area contributed by atoms with Gasteiger partial charge in [0.1, 0.15) is 0 Å². The van der Waals surface area contributed by atoms with E-state index >= 15 is 0 Å². The van der Waals surface area contributed by atoms with Gasteiger partial charge in [0.2, 0.25) is 5.91 Å². The third kappa shape index (κ3) is 3.20. The van der Waals surface area contributed by atoms with Crippen LogP contribution in [0.2, 0.25) is 0 Å². The van der Waals surface area contributed by atoms with Crippen LogP contribution in [0.25, 0.3) is 0 Å². The Kier molecular flexibility index (Phi) is 4.01. The van der Waals surface area contributed by atoms with Crippen molar-refractivity contribution in [3.63, 3.8) is 0 Å². The third-order valence-electron chi connectivity index (χ3n) is 3.60. The highest BCUT2D eigenvalue weighted by Gasteiger charge is 2.23. The molecule has 3 heteroatoms. The van der Waals surface area contributed by atoms with Crippen LogP contribution in [-0.4, -0.2) is 12.0 Å². The molecule has 0 saturated heterocycles. The number of amides is 1. The minimum atomic E-state index is 0.113. The Labute approximate surface area is 91.5 Å². The van der Waals surface area contributed by atoms with Crippen LogP contribution in [0.4, 0.5) is 0 Å². The fraction of sp³-hybridized carbons (Fsp3) is 0.917. The molecule has 0 unspecified atom stereocenters. The largest absolute Gasteiger partial charge is 0.273 e. The first-order valence-electron chi connectivity index (χ1n) is 6.32. The molecule has 1 N–H and O–H groups in total. The first-order chi connectivity index (χ1) is 7.36. The average Bonchev–Trinajstić information content (AvgIpc) is 2.80. The summed E-state index contributed by atoms with van der Waals surface area (Å²) in [7, 11) is 0. The van der Waals surface area contributed by atoms with Crippen molar-refractivity contribution < 1.29 is 9.63 Å². The highest BCUT2D eigenvalue weighted by atomic mass is 16.7. The smallest absolute Gasteiger partial charge is 0.246 e. The Balaban J connectivity index is 1.66. The molecular weight excluding hydrogens is 190 g/mol. The molecule has 1 amide bonds. The number of carbonyl (C=O) groups is 1. The van der Waals surface area contributed by atoms with Gasteiger partial charge in [-0.15, -0.1) is 0 Å². The molecule has 0 atom stereocenters. The van der Waals surface area contributed by atoms with E-state index in [-0.39, 0.29) is 17.9 Å². The molecule has 2 aliphatic carbocycles. The summed E-state index contributed by atoms with van der Waals surface area (Å²) >= 11 is 0. The molecule has 0 heterocycles. The maximum absolute atomic E-state index is 11.7. The van der Waals surface area contributed by atoms with Crippen molar-refractivity contribution in [3.05, 3.63) is 0 Å². The molecule has 86 valence electrons. The first-order valence-corrected chi connectivity index (χ1v) is 6.32. The Morgan fingerprint density at radius 1 is 0.933 bits per heavy atom. The van der Waals surface area contributed by atoms with Gasteiger partial charge in [-0.2, -0.15) is 0 Å². The monoisotopic (exact) mass is 211 g/mol. The molecule has 0 aromatic carbocycles. The molecule has 0 aromatic rings. The quantitative estimate of drug-likeness (QED) is 0.729. The van der Waals surface area contributed by atoms with Crippen molar-refractivity contribution in [1.82, 2.24) is 5.48 Å². The second-order valence-corrected chi connectivity index (χ2v) is 4.83. The zero-order chi connectivity index (χ0) is 10.5. The van der Waals surface area contributed by atoms with Gasteiger partial charge in [-0.05, 0) is 25.7 Å². The summed E-state index contributed by atoms with van der Waals surface area (Å²) in [6.45, 7) is 0. The molecular formula is C12H21NO2. The Morgan fingerprint density at radius 2 is 1.53 bits per heavy atom. The van der Waals surface area contributed by atoms with Crippen LogP contribution in [0.3, 0.4) is 0 Å². The summed E-state index contributed by atoms with van der Waals surface area (Å²) in [6.07, 6.45) is 10.7. The molecule has 15 heavy (non-hydrogen) atoms. The highest BCUT2D eigenvalue weighted by Crippen LogP contribution is 2.24. The van der Waals surface area contributed by atoms with Crippen molar-refractivity contribution >= 4 is 5.91 Å². The van der Waals surface area contributed by atoms with E-state index in [4.69, 9.17) is 4.84 Å². The van der Waals surface area contributed by atoms with E-state index in [1.807, 2.05) is 0 Å². The molecule has 2 aliphatic rings. The van der Waals surface area contributed by atoms with Gasteiger partial charge in [0, 0.05) is 5.92 Å². The Hall–Kier alpha value is -0.570. The van der Waals surface area contributed by atoms with Crippen molar-refractivity contribution in [1.29, 1.82) is 0 Å². The minimum absolute atomic E-state index is 0.113. The van der Waals surface area contributed by atoms with Gasteiger partial charge < -0.3 is 0 Å². The lowest BCUT2D eigenvalue weighted by Gasteiger charge is -2.21. The maximum Gasteiger partial charge on any atom is 0.246 e. The van der Waals surface area contributed by atoms with Crippen molar-refractivity contribution in [3.8, 4) is 0 Å². The topological polar surface area (TPSA) is 38.3 Å². The summed E-state index contributed by atoms with van der Waals surface area (Å²) < 4.78 is 0. The normalized spacial score (nSPS) is 24.3. The fourth-order valence-electron chi connectivity index (χ4n) is 2.60. The van der Waals surface area contributed by atoms with Gasteiger partial charge in [-0.25, -0.2) is 5.48 Å². The van der Waals surface area contributed by atoms with Crippen LogP contribution in [-0.2, 0) is 9.63 Å². The molecule has 0 spiro atoms. The van der Waals surface area contributed by atoms with Crippen molar-refractivity contribution in [2.24, 2.45) is 5.92 Å². The van der Waals surface area contributed by atoms with Gasteiger partial charge in [-0.3, -0.25) is 9.63 Å². The Bertz CT molecular complexity index is 206. The van der Waals surface area contributed by atoms with E-state index in [0.717, 1.165) is 25.7 Å². The highest BCUT2D eigenvalue weighted by molar-refractivity contribution is 5.77. The summed E-state index contributed by atoms with van der Waals surface area (Å²) in [6, 6.07) is 0. The number of hydrogen-bond donors (Lipinski definition) is 1. The summed E-state index contributed by atoms with van der Waals surface area (Å²) in [5.74, 6) is 0.321. The van der Waals surface area contributed by atoms with E-state index in [2.05, 4.69) is 5.48 Å². The van der Waals surface area contributed by atoms with Gasteiger partial charge >= 0.3 is 0 Å². The lowest BCUT2D eigenvalue weighted by molar-refractivity contribution is -0.143. The molecule has 2 rings (SSSR count). The van der Waals surface area contributed by atoms with Crippen molar-refractivity contribution in [2.75, 3.05) is 0 Å². The van der Waals surface area contributed by atoms with Crippen molar-refractivity contribution in [2.45, 2.75) is 63.9 Å². The second kappa shape index (κ2) is 5.50.